The molecule has 0 saturated heterocycles. The molecule has 24 heavy (non-hydrogen) atoms. The number of hydrogen-bond acceptors (Lipinski definition) is 3. The van der Waals surface area contributed by atoms with Crippen LogP contribution in [0.25, 0.3) is 6.08 Å². The molecule has 0 aliphatic carbocycles. The van der Waals surface area contributed by atoms with Crippen LogP contribution in [0.1, 0.15) is 22.3 Å². The number of carboxylic acids is 1. The summed E-state index contributed by atoms with van der Waals surface area (Å²) in [5.41, 5.74) is 1.27. The van der Waals surface area contributed by atoms with Crippen LogP contribution in [0.2, 0.25) is 10.0 Å². The van der Waals surface area contributed by atoms with Crippen LogP contribution in [0.15, 0.2) is 48.5 Å². The number of aliphatic carboxylic acids is 1. The van der Waals surface area contributed by atoms with Gasteiger partial charge in [0.25, 0.3) is 0 Å². The van der Waals surface area contributed by atoms with Gasteiger partial charge in [-0.3, -0.25) is 9.59 Å². The minimum Gasteiger partial charge on any atom is -0.493 e. The van der Waals surface area contributed by atoms with Gasteiger partial charge in [-0.2, -0.15) is 0 Å². The number of carbonyl (C=O) groups is 2. The summed E-state index contributed by atoms with van der Waals surface area (Å²) in [6.45, 7) is 0.111. The van der Waals surface area contributed by atoms with Crippen molar-refractivity contribution in [1.29, 1.82) is 0 Å². The minimum absolute atomic E-state index is 0.0557. The molecule has 2 aromatic rings. The lowest BCUT2D eigenvalue weighted by Gasteiger charge is -2.04. The molecule has 0 spiro atoms. The number of ether oxygens (including phenoxy) is 1. The average molecular weight is 365 g/mol. The SMILES string of the molecule is O=C(O)CCOc1ccc(/C=C/C(=O)c2ccc(Cl)c(Cl)c2)cc1. The third-order valence-electron chi connectivity index (χ3n) is 3.10. The summed E-state index contributed by atoms with van der Waals surface area (Å²) in [7, 11) is 0. The first kappa shape index (κ1) is 18.0. The molecule has 0 aromatic heterocycles. The van der Waals surface area contributed by atoms with E-state index in [4.69, 9.17) is 33.0 Å². The van der Waals surface area contributed by atoms with E-state index in [-0.39, 0.29) is 18.8 Å². The number of ketones is 1. The van der Waals surface area contributed by atoms with E-state index >= 15 is 0 Å². The lowest BCUT2D eigenvalue weighted by atomic mass is 10.1. The zero-order valence-corrected chi connectivity index (χ0v) is 14.1. The molecule has 0 fully saturated rings. The van der Waals surface area contributed by atoms with E-state index in [2.05, 4.69) is 0 Å². The Morgan fingerprint density at radius 3 is 2.38 bits per heavy atom. The summed E-state index contributed by atoms with van der Waals surface area (Å²) in [5.74, 6) is -0.519. The van der Waals surface area contributed by atoms with Gasteiger partial charge in [0.05, 0.1) is 23.1 Å². The summed E-state index contributed by atoms with van der Waals surface area (Å²) in [6.07, 6.45) is 3.06. The Balaban J connectivity index is 1.97. The zero-order chi connectivity index (χ0) is 17.5. The number of carboxylic acid groups (broad SMARTS) is 1. The van der Waals surface area contributed by atoms with Gasteiger partial charge in [-0.05, 0) is 42.0 Å². The van der Waals surface area contributed by atoms with Gasteiger partial charge in [-0.25, -0.2) is 0 Å². The first-order valence-corrected chi connectivity index (χ1v) is 7.83. The quantitative estimate of drug-likeness (QED) is 0.569. The Bertz CT molecular complexity index is 767. The normalized spacial score (nSPS) is 10.8. The van der Waals surface area contributed by atoms with Crippen LogP contribution in [-0.2, 0) is 4.79 Å². The smallest absolute Gasteiger partial charge is 0.306 e. The van der Waals surface area contributed by atoms with Crippen molar-refractivity contribution in [2.45, 2.75) is 6.42 Å². The fourth-order valence-electron chi connectivity index (χ4n) is 1.85. The van der Waals surface area contributed by atoms with Crippen molar-refractivity contribution in [1.82, 2.24) is 0 Å². The highest BCUT2D eigenvalue weighted by Crippen LogP contribution is 2.23. The van der Waals surface area contributed by atoms with Gasteiger partial charge in [-0.1, -0.05) is 41.4 Å². The third kappa shape index (κ3) is 5.41. The maximum absolute atomic E-state index is 12.1. The van der Waals surface area contributed by atoms with Gasteiger partial charge in [0.1, 0.15) is 5.75 Å². The fourth-order valence-corrected chi connectivity index (χ4v) is 2.15. The Morgan fingerprint density at radius 2 is 1.75 bits per heavy atom. The first-order chi connectivity index (χ1) is 11.5. The molecule has 2 aromatic carbocycles. The summed E-state index contributed by atoms with van der Waals surface area (Å²) in [4.78, 5) is 22.5. The second-order valence-electron chi connectivity index (χ2n) is 4.89. The van der Waals surface area contributed by atoms with Crippen LogP contribution in [0.5, 0.6) is 5.75 Å². The molecule has 2 rings (SSSR count). The van der Waals surface area contributed by atoms with Crippen molar-refractivity contribution >= 4 is 41.0 Å². The van der Waals surface area contributed by atoms with Gasteiger partial charge >= 0.3 is 5.97 Å². The molecule has 0 radical (unpaired) electrons. The second kappa shape index (κ2) is 8.52. The fraction of sp³-hybridized carbons (Fsp3) is 0.111. The van der Waals surface area contributed by atoms with Crippen LogP contribution in [0, 0.1) is 0 Å². The lowest BCUT2D eigenvalue weighted by Crippen LogP contribution is -2.04. The van der Waals surface area contributed by atoms with E-state index in [0.717, 1.165) is 5.56 Å². The number of benzene rings is 2. The molecule has 0 aliphatic heterocycles. The molecular formula is C18H14Cl2O4. The number of allylic oxidation sites excluding steroid dienone is 1. The molecule has 0 aliphatic rings. The second-order valence-corrected chi connectivity index (χ2v) is 5.70. The van der Waals surface area contributed by atoms with Gasteiger partial charge in [0.15, 0.2) is 5.78 Å². The van der Waals surface area contributed by atoms with Crippen LogP contribution >= 0.6 is 23.2 Å². The zero-order valence-electron chi connectivity index (χ0n) is 12.5. The predicted molar refractivity (Wildman–Crippen MR) is 94.0 cm³/mol. The predicted octanol–water partition coefficient (Wildman–Crippen LogP) is 4.74. The maximum atomic E-state index is 12.1. The average Bonchev–Trinajstić information content (AvgIpc) is 2.56. The topological polar surface area (TPSA) is 63.6 Å². The maximum Gasteiger partial charge on any atom is 0.306 e. The number of halogens is 2. The summed E-state index contributed by atoms with van der Waals surface area (Å²) >= 11 is 11.7. The van der Waals surface area contributed by atoms with Crippen LogP contribution in [-0.4, -0.2) is 23.5 Å². The van der Waals surface area contributed by atoms with E-state index in [0.29, 0.717) is 21.4 Å². The van der Waals surface area contributed by atoms with Gasteiger partial charge in [0, 0.05) is 5.56 Å². The van der Waals surface area contributed by atoms with Crippen LogP contribution in [0.4, 0.5) is 0 Å². The first-order valence-electron chi connectivity index (χ1n) is 7.08. The Morgan fingerprint density at radius 1 is 1.04 bits per heavy atom. The third-order valence-corrected chi connectivity index (χ3v) is 3.84. The molecule has 124 valence electrons. The summed E-state index contributed by atoms with van der Waals surface area (Å²) in [5, 5.41) is 9.28. The monoisotopic (exact) mass is 364 g/mol. The standard InChI is InChI=1S/C18H14Cl2O4/c19-15-7-4-13(11-16(15)20)17(21)8-3-12-1-5-14(6-2-12)24-10-9-18(22)23/h1-8,11H,9-10H2,(H,22,23)/b8-3+. The number of hydrogen-bond donors (Lipinski definition) is 1. The molecule has 0 unspecified atom stereocenters. The van der Waals surface area contributed by atoms with Gasteiger partial charge < -0.3 is 9.84 Å². The molecule has 0 amide bonds. The highest BCUT2D eigenvalue weighted by atomic mass is 35.5. The largest absolute Gasteiger partial charge is 0.493 e. The molecule has 0 saturated carbocycles. The van der Waals surface area contributed by atoms with Crippen molar-refractivity contribution in [3.05, 3.63) is 69.7 Å². The van der Waals surface area contributed by atoms with E-state index in [1.54, 1.807) is 42.5 Å². The minimum atomic E-state index is -0.907. The number of carbonyl (C=O) groups excluding carboxylic acids is 1. The summed E-state index contributed by atoms with van der Waals surface area (Å²) < 4.78 is 5.29. The highest BCUT2D eigenvalue weighted by molar-refractivity contribution is 6.42. The van der Waals surface area contributed by atoms with Crippen LogP contribution in [0.3, 0.4) is 0 Å². The highest BCUT2D eigenvalue weighted by Gasteiger charge is 2.05. The van der Waals surface area contributed by atoms with Crippen molar-refractivity contribution in [2.24, 2.45) is 0 Å². The molecule has 0 atom stereocenters. The van der Waals surface area contributed by atoms with Crippen molar-refractivity contribution in [3.63, 3.8) is 0 Å². The Labute approximate surface area is 149 Å². The van der Waals surface area contributed by atoms with E-state index in [1.807, 2.05) is 0 Å². The van der Waals surface area contributed by atoms with Crippen molar-refractivity contribution in [3.8, 4) is 5.75 Å². The van der Waals surface area contributed by atoms with E-state index in [9.17, 15) is 9.59 Å². The Hall–Kier alpha value is -2.30. The molecule has 4 nitrogen and oxygen atoms in total. The Kier molecular flexibility index (Phi) is 6.41. The van der Waals surface area contributed by atoms with Crippen molar-refractivity contribution in [2.75, 3.05) is 6.61 Å². The molecule has 0 bridgehead atoms. The summed E-state index contributed by atoms with van der Waals surface area (Å²) in [6, 6.07) is 11.7. The lowest BCUT2D eigenvalue weighted by molar-refractivity contribution is -0.137. The molecule has 0 heterocycles. The van der Waals surface area contributed by atoms with Crippen LogP contribution < -0.4 is 4.74 Å². The van der Waals surface area contributed by atoms with E-state index < -0.39 is 5.97 Å². The van der Waals surface area contributed by atoms with Gasteiger partial charge in [0.2, 0.25) is 0 Å². The molecule has 1 N–H and O–H groups in total. The molecular weight excluding hydrogens is 351 g/mol. The number of rotatable bonds is 7. The van der Waals surface area contributed by atoms with Crippen molar-refractivity contribution < 1.29 is 19.4 Å². The van der Waals surface area contributed by atoms with Gasteiger partial charge in [-0.15, -0.1) is 0 Å². The van der Waals surface area contributed by atoms with E-state index in [1.165, 1.54) is 12.1 Å². The molecule has 6 heteroatoms.